The molecular formula is C15H20ClF3N2O. The van der Waals surface area contributed by atoms with Crippen molar-refractivity contribution in [3.63, 3.8) is 0 Å². The van der Waals surface area contributed by atoms with Gasteiger partial charge in [0.05, 0.1) is 11.1 Å². The second-order valence-corrected chi connectivity index (χ2v) is 5.79. The Kier molecular flexibility index (Phi) is 6.26. The highest BCUT2D eigenvalue weighted by atomic mass is 35.5. The summed E-state index contributed by atoms with van der Waals surface area (Å²) in [4.78, 5) is 12.1. The lowest BCUT2D eigenvalue weighted by Crippen LogP contribution is -2.43. The molecule has 0 atom stereocenters. The lowest BCUT2D eigenvalue weighted by atomic mass is 9.81. The van der Waals surface area contributed by atoms with Crippen LogP contribution in [0.3, 0.4) is 0 Å². The molecule has 22 heavy (non-hydrogen) atoms. The molecular weight excluding hydrogens is 317 g/mol. The maximum absolute atomic E-state index is 12.9. The topological polar surface area (TPSA) is 41.1 Å². The van der Waals surface area contributed by atoms with Crippen molar-refractivity contribution in [2.45, 2.75) is 25.9 Å². The van der Waals surface area contributed by atoms with Crippen LogP contribution >= 0.6 is 12.4 Å². The fourth-order valence-corrected chi connectivity index (χ4v) is 2.52. The summed E-state index contributed by atoms with van der Waals surface area (Å²) in [6, 6.07) is 4.87. The first-order chi connectivity index (χ1) is 9.82. The number of rotatable bonds is 3. The average Bonchev–Trinajstić information content (AvgIpc) is 2.45. The van der Waals surface area contributed by atoms with E-state index < -0.39 is 17.6 Å². The molecule has 2 N–H and O–H groups in total. The predicted molar refractivity (Wildman–Crippen MR) is 81.2 cm³/mol. The van der Waals surface area contributed by atoms with Gasteiger partial charge in [0.2, 0.25) is 0 Å². The van der Waals surface area contributed by atoms with Crippen LogP contribution in [0.25, 0.3) is 0 Å². The summed E-state index contributed by atoms with van der Waals surface area (Å²) < 4.78 is 38.7. The van der Waals surface area contributed by atoms with Gasteiger partial charge in [0.25, 0.3) is 5.91 Å². The predicted octanol–water partition coefficient (Wildman–Crippen LogP) is 3.25. The number of amides is 1. The standard InChI is InChI=1S/C15H19F3N2O.ClH/c1-14(6-8-19-9-7-14)10-20-13(21)11-4-2-3-5-12(11)15(16,17)18;/h2-5,19H,6-10H2,1H3,(H,20,21);1H. The minimum atomic E-state index is -4.52. The van der Waals surface area contributed by atoms with Crippen LogP contribution in [0.5, 0.6) is 0 Å². The molecule has 0 aromatic heterocycles. The Bertz CT molecular complexity index is 514. The van der Waals surface area contributed by atoms with Gasteiger partial charge in [0, 0.05) is 6.54 Å². The lowest BCUT2D eigenvalue weighted by molar-refractivity contribution is -0.137. The van der Waals surface area contributed by atoms with Gasteiger partial charge in [0.15, 0.2) is 0 Å². The molecule has 1 saturated heterocycles. The van der Waals surface area contributed by atoms with Crippen molar-refractivity contribution < 1.29 is 18.0 Å². The van der Waals surface area contributed by atoms with E-state index in [2.05, 4.69) is 10.6 Å². The summed E-state index contributed by atoms with van der Waals surface area (Å²) in [6.07, 6.45) is -2.73. The van der Waals surface area contributed by atoms with Crippen LogP contribution in [0, 0.1) is 5.41 Å². The maximum atomic E-state index is 12.9. The summed E-state index contributed by atoms with van der Waals surface area (Å²) in [6.45, 7) is 4.17. The van der Waals surface area contributed by atoms with E-state index in [9.17, 15) is 18.0 Å². The van der Waals surface area contributed by atoms with Crippen molar-refractivity contribution in [3.8, 4) is 0 Å². The molecule has 1 aliphatic heterocycles. The Labute approximate surface area is 134 Å². The van der Waals surface area contributed by atoms with E-state index in [1.165, 1.54) is 18.2 Å². The van der Waals surface area contributed by atoms with Gasteiger partial charge in [-0.05, 0) is 43.5 Å². The van der Waals surface area contributed by atoms with E-state index >= 15 is 0 Å². The first-order valence-corrected chi connectivity index (χ1v) is 6.97. The summed E-state index contributed by atoms with van der Waals surface area (Å²) in [5.74, 6) is -0.664. The second kappa shape index (κ2) is 7.33. The maximum Gasteiger partial charge on any atom is 0.417 e. The molecule has 0 spiro atoms. The number of carbonyl (C=O) groups is 1. The molecule has 1 heterocycles. The number of piperidine rings is 1. The Morgan fingerprint density at radius 2 is 1.86 bits per heavy atom. The van der Waals surface area contributed by atoms with E-state index in [1.807, 2.05) is 6.92 Å². The van der Waals surface area contributed by atoms with Crippen molar-refractivity contribution in [2.24, 2.45) is 5.41 Å². The molecule has 3 nitrogen and oxygen atoms in total. The van der Waals surface area contributed by atoms with Gasteiger partial charge in [-0.2, -0.15) is 13.2 Å². The Hall–Kier alpha value is -1.27. The number of hydrogen-bond donors (Lipinski definition) is 2. The van der Waals surface area contributed by atoms with Crippen LogP contribution in [-0.4, -0.2) is 25.5 Å². The van der Waals surface area contributed by atoms with Crippen molar-refractivity contribution in [3.05, 3.63) is 35.4 Å². The Balaban J connectivity index is 0.00000242. The molecule has 1 fully saturated rings. The van der Waals surface area contributed by atoms with Crippen LogP contribution in [0.15, 0.2) is 24.3 Å². The van der Waals surface area contributed by atoms with Gasteiger partial charge in [-0.1, -0.05) is 19.1 Å². The molecule has 0 saturated carbocycles. The summed E-state index contributed by atoms with van der Waals surface area (Å²) in [5, 5.41) is 5.88. The van der Waals surface area contributed by atoms with Gasteiger partial charge in [-0.3, -0.25) is 4.79 Å². The third-order valence-electron chi connectivity index (χ3n) is 3.96. The van der Waals surface area contributed by atoms with Crippen LogP contribution in [-0.2, 0) is 6.18 Å². The lowest BCUT2D eigenvalue weighted by Gasteiger charge is -2.34. The van der Waals surface area contributed by atoms with Crippen LogP contribution in [0.2, 0.25) is 0 Å². The van der Waals surface area contributed by atoms with Crippen molar-refractivity contribution in [2.75, 3.05) is 19.6 Å². The monoisotopic (exact) mass is 336 g/mol. The van der Waals surface area contributed by atoms with E-state index in [0.29, 0.717) is 6.54 Å². The largest absolute Gasteiger partial charge is 0.417 e. The van der Waals surface area contributed by atoms with E-state index in [0.717, 1.165) is 32.0 Å². The highest BCUT2D eigenvalue weighted by Crippen LogP contribution is 2.32. The quantitative estimate of drug-likeness (QED) is 0.889. The minimum Gasteiger partial charge on any atom is -0.351 e. The summed E-state index contributed by atoms with van der Waals surface area (Å²) in [5.41, 5.74) is -1.27. The zero-order chi connectivity index (χ0) is 15.5. The number of benzene rings is 1. The molecule has 1 aliphatic rings. The molecule has 2 rings (SSSR count). The number of nitrogens with one attached hydrogen (secondary N) is 2. The Morgan fingerprint density at radius 3 is 2.45 bits per heavy atom. The third kappa shape index (κ3) is 4.61. The molecule has 1 amide bonds. The van der Waals surface area contributed by atoms with Crippen LogP contribution in [0.4, 0.5) is 13.2 Å². The molecule has 0 unspecified atom stereocenters. The fraction of sp³-hybridized carbons (Fsp3) is 0.533. The number of halogens is 4. The van der Waals surface area contributed by atoms with E-state index in [1.54, 1.807) is 0 Å². The first-order valence-electron chi connectivity index (χ1n) is 6.97. The average molecular weight is 337 g/mol. The van der Waals surface area contributed by atoms with Crippen molar-refractivity contribution >= 4 is 18.3 Å². The third-order valence-corrected chi connectivity index (χ3v) is 3.96. The van der Waals surface area contributed by atoms with E-state index in [-0.39, 0.29) is 23.4 Å². The highest BCUT2D eigenvalue weighted by Gasteiger charge is 2.35. The first kappa shape index (κ1) is 18.8. The SMILES string of the molecule is CC1(CNC(=O)c2ccccc2C(F)(F)F)CCNCC1.Cl. The van der Waals surface area contributed by atoms with Gasteiger partial charge < -0.3 is 10.6 Å². The van der Waals surface area contributed by atoms with Gasteiger partial charge >= 0.3 is 6.18 Å². The van der Waals surface area contributed by atoms with Crippen LogP contribution in [0.1, 0.15) is 35.7 Å². The minimum absolute atomic E-state index is 0. The molecule has 0 aliphatic carbocycles. The molecule has 0 radical (unpaired) electrons. The van der Waals surface area contributed by atoms with E-state index in [4.69, 9.17) is 0 Å². The van der Waals surface area contributed by atoms with Crippen molar-refractivity contribution in [1.82, 2.24) is 10.6 Å². The number of hydrogen-bond acceptors (Lipinski definition) is 2. The van der Waals surface area contributed by atoms with Gasteiger partial charge in [-0.25, -0.2) is 0 Å². The van der Waals surface area contributed by atoms with Crippen LogP contribution < -0.4 is 10.6 Å². The molecule has 1 aromatic rings. The van der Waals surface area contributed by atoms with Crippen molar-refractivity contribution in [1.29, 1.82) is 0 Å². The number of alkyl halides is 3. The zero-order valence-electron chi connectivity index (χ0n) is 12.3. The van der Waals surface area contributed by atoms with Gasteiger partial charge in [0.1, 0.15) is 0 Å². The fourth-order valence-electron chi connectivity index (χ4n) is 2.52. The summed E-state index contributed by atoms with van der Waals surface area (Å²) in [7, 11) is 0. The second-order valence-electron chi connectivity index (χ2n) is 5.79. The van der Waals surface area contributed by atoms with Gasteiger partial charge in [-0.15, -0.1) is 12.4 Å². The molecule has 1 aromatic carbocycles. The zero-order valence-corrected chi connectivity index (χ0v) is 13.1. The highest BCUT2D eigenvalue weighted by molar-refractivity contribution is 5.95. The molecule has 124 valence electrons. The molecule has 7 heteroatoms. The smallest absolute Gasteiger partial charge is 0.351 e. The Morgan fingerprint density at radius 1 is 1.27 bits per heavy atom. The summed E-state index contributed by atoms with van der Waals surface area (Å²) >= 11 is 0. The normalized spacial score (nSPS) is 17.5. The number of carbonyl (C=O) groups excluding carboxylic acids is 1. The molecule has 0 bridgehead atoms.